The standard InChI is InChI=1S/C22H22IN3O4S/c1-14(20(27)25-9-11-30-12-10-25)31-22-24-19-8-3-15(23)13-18(19)21(28)26(22)16-4-6-17(29-2)7-5-16/h3-8,13-14H,9-12H2,1-2H3/t14-/m0/s1. The number of methoxy groups -OCH3 is 1. The number of hydrogen-bond donors (Lipinski definition) is 0. The van der Waals surface area contributed by atoms with E-state index in [4.69, 9.17) is 14.5 Å². The molecule has 162 valence electrons. The van der Waals surface area contributed by atoms with Gasteiger partial charge in [0.25, 0.3) is 5.56 Å². The Morgan fingerprint density at radius 2 is 1.90 bits per heavy atom. The van der Waals surface area contributed by atoms with E-state index in [9.17, 15) is 9.59 Å². The van der Waals surface area contributed by atoms with Gasteiger partial charge in [0.15, 0.2) is 5.16 Å². The van der Waals surface area contributed by atoms with Crippen molar-refractivity contribution in [2.24, 2.45) is 0 Å². The molecule has 0 N–H and O–H groups in total. The van der Waals surface area contributed by atoms with E-state index in [1.807, 2.05) is 37.3 Å². The average Bonchev–Trinajstić information content (AvgIpc) is 2.80. The van der Waals surface area contributed by atoms with E-state index in [1.165, 1.54) is 11.8 Å². The second kappa shape index (κ2) is 9.58. The molecule has 0 unspecified atom stereocenters. The van der Waals surface area contributed by atoms with Crippen molar-refractivity contribution in [3.05, 3.63) is 56.4 Å². The molecule has 3 aromatic rings. The number of hydrogen-bond acceptors (Lipinski definition) is 6. The van der Waals surface area contributed by atoms with Crippen LogP contribution in [0.4, 0.5) is 0 Å². The number of fused-ring (bicyclic) bond motifs is 1. The first-order valence-electron chi connectivity index (χ1n) is 9.88. The Morgan fingerprint density at radius 3 is 2.58 bits per heavy atom. The van der Waals surface area contributed by atoms with Gasteiger partial charge in [0.05, 0.1) is 42.2 Å². The number of halogens is 1. The molecule has 0 spiro atoms. The fourth-order valence-electron chi connectivity index (χ4n) is 3.42. The highest BCUT2D eigenvalue weighted by molar-refractivity contribution is 14.1. The molecule has 0 aliphatic carbocycles. The summed E-state index contributed by atoms with van der Waals surface area (Å²) in [5.74, 6) is 0.719. The van der Waals surface area contributed by atoms with Gasteiger partial charge in [0.2, 0.25) is 5.91 Å². The number of carbonyl (C=O) groups excluding carboxylic acids is 1. The summed E-state index contributed by atoms with van der Waals surface area (Å²) >= 11 is 3.48. The van der Waals surface area contributed by atoms with E-state index in [1.54, 1.807) is 28.7 Å². The highest BCUT2D eigenvalue weighted by Crippen LogP contribution is 2.27. The van der Waals surface area contributed by atoms with Gasteiger partial charge in [-0.15, -0.1) is 0 Å². The Bertz CT molecular complexity index is 1160. The topological polar surface area (TPSA) is 73.7 Å². The van der Waals surface area contributed by atoms with Crippen molar-refractivity contribution >= 4 is 51.2 Å². The molecule has 1 amide bonds. The molecule has 1 aromatic heterocycles. The minimum absolute atomic E-state index is 0.0199. The van der Waals surface area contributed by atoms with Crippen molar-refractivity contribution in [2.45, 2.75) is 17.3 Å². The molecule has 0 saturated carbocycles. The van der Waals surface area contributed by atoms with Gasteiger partial charge in [0.1, 0.15) is 5.75 Å². The lowest BCUT2D eigenvalue weighted by Gasteiger charge is -2.29. The molecule has 7 nitrogen and oxygen atoms in total. The van der Waals surface area contributed by atoms with Gasteiger partial charge in [-0.3, -0.25) is 14.2 Å². The summed E-state index contributed by atoms with van der Waals surface area (Å²) in [4.78, 5) is 33.0. The van der Waals surface area contributed by atoms with Crippen molar-refractivity contribution in [1.29, 1.82) is 0 Å². The molecule has 0 bridgehead atoms. The molecule has 2 heterocycles. The maximum absolute atomic E-state index is 13.5. The van der Waals surface area contributed by atoms with Crippen LogP contribution in [0.25, 0.3) is 16.6 Å². The molecule has 2 aromatic carbocycles. The molecular weight excluding hydrogens is 529 g/mol. The minimum atomic E-state index is -0.393. The number of ether oxygens (including phenoxy) is 2. The van der Waals surface area contributed by atoms with Crippen LogP contribution in [0, 0.1) is 3.57 Å². The third-order valence-corrected chi connectivity index (χ3v) is 6.79. The fourth-order valence-corrected chi connectivity index (χ4v) is 4.93. The van der Waals surface area contributed by atoms with Gasteiger partial charge in [-0.1, -0.05) is 11.8 Å². The van der Waals surface area contributed by atoms with E-state index in [2.05, 4.69) is 22.6 Å². The summed E-state index contributed by atoms with van der Waals surface area (Å²) in [7, 11) is 1.60. The Labute approximate surface area is 197 Å². The highest BCUT2D eigenvalue weighted by atomic mass is 127. The minimum Gasteiger partial charge on any atom is -0.497 e. The zero-order valence-electron chi connectivity index (χ0n) is 17.2. The second-order valence-corrected chi connectivity index (χ2v) is 9.65. The lowest BCUT2D eigenvalue weighted by Crippen LogP contribution is -2.44. The van der Waals surface area contributed by atoms with Crippen molar-refractivity contribution < 1.29 is 14.3 Å². The van der Waals surface area contributed by atoms with Gasteiger partial charge in [-0.25, -0.2) is 4.98 Å². The predicted octanol–water partition coefficient (Wildman–Crippen LogP) is 3.34. The van der Waals surface area contributed by atoms with Crippen LogP contribution in [0.1, 0.15) is 6.92 Å². The molecule has 0 radical (unpaired) electrons. The number of nitrogens with zero attached hydrogens (tertiary/aromatic N) is 3. The maximum atomic E-state index is 13.5. The molecule has 1 saturated heterocycles. The lowest BCUT2D eigenvalue weighted by molar-refractivity contribution is -0.134. The van der Waals surface area contributed by atoms with Gasteiger partial charge in [-0.2, -0.15) is 0 Å². The normalized spacial score (nSPS) is 15.1. The average molecular weight is 551 g/mol. The SMILES string of the molecule is COc1ccc(-n2c(S[C@@H](C)C(=O)N3CCOCC3)nc3ccc(I)cc3c2=O)cc1. The van der Waals surface area contributed by atoms with Crippen LogP contribution in [0.5, 0.6) is 5.75 Å². The first-order chi connectivity index (χ1) is 15.0. The molecule has 31 heavy (non-hydrogen) atoms. The number of rotatable bonds is 5. The Hall–Kier alpha value is -2.11. The van der Waals surface area contributed by atoms with Gasteiger partial charge >= 0.3 is 0 Å². The number of morpholine rings is 1. The zero-order chi connectivity index (χ0) is 22.0. The van der Waals surface area contributed by atoms with Crippen LogP contribution in [-0.2, 0) is 9.53 Å². The van der Waals surface area contributed by atoms with Crippen LogP contribution in [0.3, 0.4) is 0 Å². The molecule has 9 heteroatoms. The molecule has 1 atom stereocenters. The van der Waals surface area contributed by atoms with Crippen LogP contribution < -0.4 is 10.3 Å². The lowest BCUT2D eigenvalue weighted by atomic mass is 10.2. The Kier molecular flexibility index (Phi) is 6.83. The van der Waals surface area contributed by atoms with E-state index in [-0.39, 0.29) is 11.5 Å². The van der Waals surface area contributed by atoms with E-state index >= 15 is 0 Å². The second-order valence-electron chi connectivity index (χ2n) is 7.09. The molecule has 4 rings (SSSR count). The molecule has 1 aliphatic heterocycles. The predicted molar refractivity (Wildman–Crippen MR) is 129 cm³/mol. The summed E-state index contributed by atoms with van der Waals surface area (Å²) < 4.78 is 13.1. The van der Waals surface area contributed by atoms with Crippen LogP contribution in [0.2, 0.25) is 0 Å². The number of benzene rings is 2. The van der Waals surface area contributed by atoms with E-state index in [0.717, 1.165) is 3.57 Å². The summed E-state index contributed by atoms with van der Waals surface area (Å²) in [6.45, 7) is 4.11. The molecular formula is C22H22IN3O4S. The Balaban J connectivity index is 1.77. The quantitative estimate of drug-likeness (QED) is 0.275. The van der Waals surface area contributed by atoms with Crippen molar-refractivity contribution in [3.8, 4) is 11.4 Å². The number of aromatic nitrogens is 2. The van der Waals surface area contributed by atoms with Crippen LogP contribution >= 0.6 is 34.4 Å². The number of amides is 1. The summed E-state index contributed by atoms with van der Waals surface area (Å²) in [6.07, 6.45) is 0. The smallest absolute Gasteiger partial charge is 0.266 e. The summed E-state index contributed by atoms with van der Waals surface area (Å²) in [6, 6.07) is 12.8. The summed E-state index contributed by atoms with van der Waals surface area (Å²) in [5, 5.41) is 0.632. The van der Waals surface area contributed by atoms with Crippen LogP contribution in [-0.4, -0.2) is 59.0 Å². The molecule has 1 aliphatic rings. The number of thioether (sulfide) groups is 1. The monoisotopic (exact) mass is 551 g/mol. The van der Waals surface area contributed by atoms with Crippen molar-refractivity contribution in [1.82, 2.24) is 14.5 Å². The summed E-state index contributed by atoms with van der Waals surface area (Å²) in [5.41, 5.74) is 1.12. The third kappa shape index (κ3) is 4.73. The third-order valence-electron chi connectivity index (χ3n) is 5.08. The number of carbonyl (C=O) groups is 1. The van der Waals surface area contributed by atoms with E-state index < -0.39 is 5.25 Å². The maximum Gasteiger partial charge on any atom is 0.266 e. The fraction of sp³-hybridized carbons (Fsp3) is 0.318. The van der Waals surface area contributed by atoms with Gasteiger partial charge < -0.3 is 14.4 Å². The zero-order valence-corrected chi connectivity index (χ0v) is 20.2. The largest absolute Gasteiger partial charge is 0.497 e. The van der Waals surface area contributed by atoms with Gasteiger partial charge in [-0.05, 0) is 72.0 Å². The first kappa shape index (κ1) is 22.1. The van der Waals surface area contributed by atoms with Crippen molar-refractivity contribution in [2.75, 3.05) is 33.4 Å². The molecule has 1 fully saturated rings. The Morgan fingerprint density at radius 1 is 1.19 bits per heavy atom. The van der Waals surface area contributed by atoms with Crippen LogP contribution in [0.15, 0.2) is 52.4 Å². The van der Waals surface area contributed by atoms with Gasteiger partial charge in [0, 0.05) is 16.7 Å². The van der Waals surface area contributed by atoms with E-state index in [0.29, 0.717) is 53.8 Å². The highest BCUT2D eigenvalue weighted by Gasteiger charge is 2.25. The van der Waals surface area contributed by atoms with Crippen molar-refractivity contribution in [3.63, 3.8) is 0 Å². The first-order valence-corrected chi connectivity index (χ1v) is 11.8.